The topological polar surface area (TPSA) is 47.1 Å². The third-order valence-electron chi connectivity index (χ3n) is 3.43. The van der Waals surface area contributed by atoms with Crippen LogP contribution in [0, 0.1) is 25.3 Å². The number of nitrogens with one attached hydrogen (secondary N) is 1. The lowest BCUT2D eigenvalue weighted by Crippen LogP contribution is -3.17. The molecule has 1 aliphatic heterocycles. The molecule has 5 nitrogen and oxygen atoms in total. The van der Waals surface area contributed by atoms with E-state index >= 15 is 0 Å². The minimum atomic E-state index is 0.751. The Kier molecular flexibility index (Phi) is 3.30. The molecule has 2 aromatic rings. The largest absolute Gasteiger partial charge is 0.260 e. The summed E-state index contributed by atoms with van der Waals surface area (Å²) in [7, 11) is 0. The highest BCUT2D eigenvalue weighted by molar-refractivity contribution is 5.77. The fraction of sp³-hybridized carbons (Fsp3) is 0.125. The second-order valence-corrected chi connectivity index (χ2v) is 5.04. The van der Waals surface area contributed by atoms with E-state index < -0.39 is 0 Å². The van der Waals surface area contributed by atoms with Crippen LogP contribution in [-0.2, 0) is 0 Å². The quantitative estimate of drug-likeness (QED) is 0.853. The lowest BCUT2D eigenvalue weighted by Gasteiger charge is -2.24. The van der Waals surface area contributed by atoms with Crippen LogP contribution in [0.15, 0.2) is 53.6 Å². The number of aryl methyl sites for hydroxylation is 2. The number of nitrogens with zero attached hydrogens (tertiary/aromatic N) is 4. The van der Waals surface area contributed by atoms with E-state index in [1.807, 2.05) is 67.4 Å². The van der Waals surface area contributed by atoms with Crippen LogP contribution in [-0.4, -0.2) is 11.5 Å². The molecular formula is C16H16N5+. The molecule has 1 atom stereocenters. The van der Waals surface area contributed by atoms with Crippen molar-refractivity contribution in [1.82, 2.24) is 5.12 Å². The van der Waals surface area contributed by atoms with E-state index in [0.717, 1.165) is 16.5 Å². The molecule has 104 valence electrons. The number of hydrogen-bond donors (Lipinski definition) is 1. The summed E-state index contributed by atoms with van der Waals surface area (Å²) in [4.78, 5) is 0. The first kappa shape index (κ1) is 13.2. The first-order chi connectivity index (χ1) is 10.2. The van der Waals surface area contributed by atoms with E-state index in [1.54, 1.807) is 6.34 Å². The molecule has 0 saturated heterocycles. The number of benzene rings is 2. The Morgan fingerprint density at radius 2 is 1.52 bits per heavy atom. The van der Waals surface area contributed by atoms with E-state index in [9.17, 15) is 5.26 Å². The van der Waals surface area contributed by atoms with Crippen molar-refractivity contribution in [3.05, 3.63) is 59.7 Å². The van der Waals surface area contributed by atoms with Crippen LogP contribution in [0.1, 0.15) is 11.1 Å². The van der Waals surface area contributed by atoms with Crippen LogP contribution in [0.3, 0.4) is 0 Å². The van der Waals surface area contributed by atoms with Gasteiger partial charge in [-0.3, -0.25) is 0 Å². The zero-order valence-corrected chi connectivity index (χ0v) is 12.0. The van der Waals surface area contributed by atoms with Gasteiger partial charge in [-0.15, -0.1) is 5.01 Å². The molecule has 0 fully saturated rings. The smallest absolute Gasteiger partial charge is 0.165 e. The molecular weight excluding hydrogens is 262 g/mol. The molecule has 0 amide bonds. The summed E-state index contributed by atoms with van der Waals surface area (Å²) < 4.78 is 0. The van der Waals surface area contributed by atoms with Crippen LogP contribution in [0.4, 0.5) is 11.4 Å². The fourth-order valence-electron chi connectivity index (χ4n) is 2.25. The van der Waals surface area contributed by atoms with Gasteiger partial charge in [-0.05, 0) is 31.1 Å². The van der Waals surface area contributed by atoms with Crippen molar-refractivity contribution in [3.63, 3.8) is 0 Å². The van der Waals surface area contributed by atoms with E-state index in [2.05, 4.69) is 11.3 Å². The summed E-state index contributed by atoms with van der Waals surface area (Å²) in [6.45, 7) is 4.09. The maximum Gasteiger partial charge on any atom is 0.260 e. The average molecular weight is 278 g/mol. The third-order valence-corrected chi connectivity index (χ3v) is 3.43. The summed E-state index contributed by atoms with van der Waals surface area (Å²) >= 11 is 0. The summed E-state index contributed by atoms with van der Waals surface area (Å²) in [5.74, 6) is 0. The summed E-state index contributed by atoms with van der Waals surface area (Å²) in [6.07, 6.45) is 3.76. The summed E-state index contributed by atoms with van der Waals surface area (Å²) in [5, 5.41) is 17.4. The van der Waals surface area contributed by atoms with Crippen molar-refractivity contribution in [2.75, 3.05) is 5.01 Å². The molecule has 0 aromatic heterocycles. The zero-order valence-electron chi connectivity index (χ0n) is 12.0. The number of hydrazone groups is 1. The predicted octanol–water partition coefficient (Wildman–Crippen LogP) is 1.90. The first-order valence-electron chi connectivity index (χ1n) is 6.73. The van der Waals surface area contributed by atoms with Crippen molar-refractivity contribution < 1.29 is 5.12 Å². The molecule has 0 bridgehead atoms. The normalized spacial score (nSPS) is 17.1. The molecule has 0 aliphatic carbocycles. The van der Waals surface area contributed by atoms with Gasteiger partial charge in [-0.1, -0.05) is 45.6 Å². The Balaban J connectivity index is 1.99. The molecule has 0 saturated carbocycles. The van der Waals surface area contributed by atoms with Gasteiger partial charge >= 0.3 is 0 Å². The van der Waals surface area contributed by atoms with Crippen LogP contribution >= 0.6 is 0 Å². The van der Waals surface area contributed by atoms with Crippen molar-refractivity contribution in [3.8, 4) is 6.19 Å². The average Bonchev–Trinajstić information content (AvgIpc) is 2.93. The monoisotopic (exact) mass is 278 g/mol. The second-order valence-electron chi connectivity index (χ2n) is 5.04. The first-order valence-corrected chi connectivity index (χ1v) is 6.73. The molecule has 2 aromatic carbocycles. The Hall–Kier alpha value is -2.84. The number of quaternary nitrogens is 1. The molecule has 1 heterocycles. The maximum atomic E-state index is 9.28. The Morgan fingerprint density at radius 3 is 2.10 bits per heavy atom. The molecule has 1 N–H and O–H groups in total. The molecule has 5 heteroatoms. The van der Waals surface area contributed by atoms with E-state index in [4.69, 9.17) is 0 Å². The molecule has 1 unspecified atom stereocenters. The molecule has 3 rings (SSSR count). The van der Waals surface area contributed by atoms with Crippen LogP contribution in [0.5, 0.6) is 0 Å². The predicted molar refractivity (Wildman–Crippen MR) is 81.4 cm³/mol. The standard InChI is InChI=1S/C16H15N5/c1-13-3-7-15(8-4-13)19-12-18-20(11-17)21(19)16-9-5-14(2)6-10-16/h3-10,12H,1-2H3/p+1. The zero-order chi connectivity index (χ0) is 14.8. The number of nitriles is 1. The van der Waals surface area contributed by atoms with Crippen LogP contribution in [0.25, 0.3) is 0 Å². The maximum absolute atomic E-state index is 9.28. The Morgan fingerprint density at radius 1 is 0.952 bits per heavy atom. The molecule has 1 aliphatic rings. The highest BCUT2D eigenvalue weighted by Gasteiger charge is 2.33. The van der Waals surface area contributed by atoms with Gasteiger partial charge in [0.05, 0.1) is 5.69 Å². The number of rotatable bonds is 2. The van der Waals surface area contributed by atoms with Gasteiger partial charge in [0, 0.05) is 12.1 Å². The lowest BCUT2D eigenvalue weighted by atomic mass is 10.2. The number of hydrogen-bond acceptors (Lipinski definition) is 4. The minimum absolute atomic E-state index is 0.751. The van der Waals surface area contributed by atoms with E-state index in [1.165, 1.54) is 16.2 Å². The van der Waals surface area contributed by atoms with Crippen molar-refractivity contribution in [2.45, 2.75) is 13.8 Å². The van der Waals surface area contributed by atoms with Crippen molar-refractivity contribution >= 4 is 17.7 Å². The van der Waals surface area contributed by atoms with Crippen molar-refractivity contribution in [1.29, 1.82) is 5.26 Å². The van der Waals surface area contributed by atoms with Gasteiger partial charge in [-0.25, -0.2) is 0 Å². The third kappa shape index (κ3) is 2.45. The van der Waals surface area contributed by atoms with Gasteiger partial charge in [0.25, 0.3) is 6.19 Å². The summed E-state index contributed by atoms with van der Waals surface area (Å²) in [6, 6.07) is 16.2. The van der Waals surface area contributed by atoms with Crippen molar-refractivity contribution in [2.24, 2.45) is 5.10 Å². The molecule has 0 spiro atoms. The Labute approximate surface area is 123 Å². The molecule has 0 radical (unpaired) electrons. The number of anilines is 1. The lowest BCUT2D eigenvalue weighted by molar-refractivity contribution is -0.941. The second kappa shape index (κ2) is 5.27. The minimum Gasteiger partial charge on any atom is -0.165 e. The van der Waals surface area contributed by atoms with E-state index in [-0.39, 0.29) is 0 Å². The van der Waals surface area contributed by atoms with Gasteiger partial charge < -0.3 is 0 Å². The highest BCUT2D eigenvalue weighted by Crippen LogP contribution is 2.15. The van der Waals surface area contributed by atoms with E-state index in [0.29, 0.717) is 0 Å². The van der Waals surface area contributed by atoms with Crippen LogP contribution in [0.2, 0.25) is 0 Å². The van der Waals surface area contributed by atoms with Gasteiger partial charge in [-0.2, -0.15) is 5.26 Å². The SMILES string of the molecule is Cc1ccc(N2C=NN(C#N)[NH+]2c2ccc(C)cc2)cc1. The Bertz CT molecular complexity index is 697. The summed E-state index contributed by atoms with van der Waals surface area (Å²) in [5.41, 5.74) is 4.32. The highest BCUT2D eigenvalue weighted by atomic mass is 16.0. The fourth-order valence-corrected chi connectivity index (χ4v) is 2.25. The van der Waals surface area contributed by atoms with Gasteiger partial charge in [0.15, 0.2) is 12.0 Å². The van der Waals surface area contributed by atoms with Gasteiger partial charge in [0.1, 0.15) is 0 Å². The molecule has 21 heavy (non-hydrogen) atoms. The van der Waals surface area contributed by atoms with Crippen LogP contribution < -0.4 is 10.1 Å². The van der Waals surface area contributed by atoms with Gasteiger partial charge in [0.2, 0.25) is 0 Å².